The normalized spacial score (nSPS) is 12.1. The Balaban J connectivity index is 1.66. The van der Waals surface area contributed by atoms with Gasteiger partial charge in [-0.3, -0.25) is 4.79 Å². The molecule has 3 nitrogen and oxygen atoms in total. The number of amides is 1. The molecule has 1 heterocycles. The molecular formula is C26H23F3N2O. The first kappa shape index (κ1) is 21.7. The van der Waals surface area contributed by atoms with Crippen LogP contribution in [0.1, 0.15) is 41.5 Å². The summed E-state index contributed by atoms with van der Waals surface area (Å²) in [6.45, 7) is 2.28. The molecule has 2 N–H and O–H groups in total. The number of rotatable bonds is 7. The number of carbonyl (C=O) groups is 1. The number of aromatic amines is 1. The number of carbonyl (C=O) groups excluding carboxylic acids is 1. The van der Waals surface area contributed by atoms with E-state index < -0.39 is 17.6 Å². The Morgan fingerprint density at radius 2 is 1.72 bits per heavy atom. The molecule has 1 atom stereocenters. The van der Waals surface area contributed by atoms with Gasteiger partial charge in [-0.25, -0.2) is 13.2 Å². The summed E-state index contributed by atoms with van der Waals surface area (Å²) in [5, 5.41) is 3.72. The van der Waals surface area contributed by atoms with E-state index in [1.165, 1.54) is 24.3 Å². The number of aromatic nitrogens is 1. The van der Waals surface area contributed by atoms with Crippen molar-refractivity contribution in [3.05, 3.63) is 107 Å². The van der Waals surface area contributed by atoms with Crippen LogP contribution in [-0.2, 0) is 17.8 Å². The molecule has 0 aliphatic rings. The zero-order valence-corrected chi connectivity index (χ0v) is 17.6. The van der Waals surface area contributed by atoms with Gasteiger partial charge in [0.15, 0.2) is 0 Å². The average Bonchev–Trinajstić information content (AvgIpc) is 3.21. The number of benzene rings is 3. The zero-order valence-electron chi connectivity index (χ0n) is 17.6. The average molecular weight is 436 g/mol. The summed E-state index contributed by atoms with van der Waals surface area (Å²) in [4.78, 5) is 16.1. The van der Waals surface area contributed by atoms with Gasteiger partial charge in [0.2, 0.25) is 5.91 Å². The van der Waals surface area contributed by atoms with Gasteiger partial charge in [-0.15, -0.1) is 0 Å². The van der Waals surface area contributed by atoms with Gasteiger partial charge >= 0.3 is 0 Å². The van der Waals surface area contributed by atoms with E-state index in [1.54, 1.807) is 18.3 Å². The molecule has 0 radical (unpaired) electrons. The van der Waals surface area contributed by atoms with E-state index in [4.69, 9.17) is 0 Å². The van der Waals surface area contributed by atoms with E-state index in [9.17, 15) is 18.0 Å². The highest BCUT2D eigenvalue weighted by molar-refractivity contribution is 5.88. The number of fused-ring (bicyclic) bond motifs is 1. The molecule has 0 unspecified atom stereocenters. The quantitative estimate of drug-likeness (QED) is 0.367. The van der Waals surface area contributed by atoms with Crippen LogP contribution < -0.4 is 5.32 Å². The summed E-state index contributed by atoms with van der Waals surface area (Å²) in [6, 6.07) is 15.2. The summed E-state index contributed by atoms with van der Waals surface area (Å²) in [7, 11) is 0. The predicted molar refractivity (Wildman–Crippen MR) is 119 cm³/mol. The van der Waals surface area contributed by atoms with Crippen molar-refractivity contribution < 1.29 is 18.0 Å². The Bertz CT molecular complexity index is 1250. The lowest BCUT2D eigenvalue weighted by Gasteiger charge is -2.18. The van der Waals surface area contributed by atoms with Crippen LogP contribution in [0.4, 0.5) is 13.2 Å². The second-order valence-electron chi connectivity index (χ2n) is 7.76. The molecule has 32 heavy (non-hydrogen) atoms. The number of halogens is 3. The smallest absolute Gasteiger partial charge is 0.221 e. The van der Waals surface area contributed by atoms with Crippen molar-refractivity contribution in [2.75, 3.05) is 0 Å². The van der Waals surface area contributed by atoms with Crippen LogP contribution in [0.25, 0.3) is 10.9 Å². The molecule has 164 valence electrons. The topological polar surface area (TPSA) is 44.9 Å². The molecule has 1 amide bonds. The summed E-state index contributed by atoms with van der Waals surface area (Å²) in [5.41, 5.74) is 3.85. The van der Waals surface area contributed by atoms with E-state index in [2.05, 4.69) is 17.2 Å². The van der Waals surface area contributed by atoms with Gasteiger partial charge in [0.1, 0.15) is 17.5 Å². The van der Waals surface area contributed by atoms with Crippen molar-refractivity contribution in [2.45, 2.75) is 32.2 Å². The second kappa shape index (κ2) is 9.30. The largest absolute Gasteiger partial charge is 0.361 e. The third-order valence-electron chi connectivity index (χ3n) is 5.72. The first-order chi connectivity index (χ1) is 15.5. The van der Waals surface area contributed by atoms with Crippen LogP contribution in [0.3, 0.4) is 0 Å². The number of H-pyrrole nitrogens is 1. The molecular weight excluding hydrogens is 413 g/mol. The van der Waals surface area contributed by atoms with Gasteiger partial charge in [-0.2, -0.15) is 0 Å². The summed E-state index contributed by atoms with van der Waals surface area (Å²) in [6.07, 6.45) is 2.60. The zero-order chi connectivity index (χ0) is 22.7. The second-order valence-corrected chi connectivity index (χ2v) is 7.76. The Morgan fingerprint density at radius 1 is 0.969 bits per heavy atom. The van der Waals surface area contributed by atoms with Crippen LogP contribution in [0.5, 0.6) is 0 Å². The van der Waals surface area contributed by atoms with Crippen LogP contribution in [-0.4, -0.2) is 10.9 Å². The molecule has 0 fully saturated rings. The number of hydrogen-bond acceptors (Lipinski definition) is 1. The lowest BCUT2D eigenvalue weighted by atomic mass is 9.87. The monoisotopic (exact) mass is 436 g/mol. The Morgan fingerprint density at radius 3 is 2.44 bits per heavy atom. The SMILES string of the molecule is CCc1cccc2c([C@@H](CC(=O)NCc3ccc(F)cc3)c3ccc(F)cc3F)c[nH]c12. The van der Waals surface area contributed by atoms with Crippen LogP contribution in [0.15, 0.2) is 66.9 Å². The van der Waals surface area contributed by atoms with Gasteiger partial charge in [0.05, 0.1) is 0 Å². The van der Waals surface area contributed by atoms with Crippen LogP contribution >= 0.6 is 0 Å². The van der Waals surface area contributed by atoms with E-state index in [0.29, 0.717) is 0 Å². The lowest BCUT2D eigenvalue weighted by Crippen LogP contribution is -2.25. The number of hydrogen-bond donors (Lipinski definition) is 2. The fourth-order valence-electron chi connectivity index (χ4n) is 4.05. The predicted octanol–water partition coefficient (Wildman–Crippen LogP) is 5.99. The van der Waals surface area contributed by atoms with E-state index in [0.717, 1.165) is 40.1 Å². The number of para-hydroxylation sites is 1. The maximum atomic E-state index is 14.8. The molecule has 0 aliphatic carbocycles. The van der Waals surface area contributed by atoms with E-state index in [1.807, 2.05) is 18.2 Å². The van der Waals surface area contributed by atoms with Gasteiger partial charge < -0.3 is 10.3 Å². The molecule has 4 rings (SSSR count). The Kier molecular flexibility index (Phi) is 6.30. The fourth-order valence-corrected chi connectivity index (χ4v) is 4.05. The van der Waals surface area contributed by atoms with E-state index in [-0.39, 0.29) is 30.3 Å². The maximum Gasteiger partial charge on any atom is 0.221 e. The first-order valence-electron chi connectivity index (χ1n) is 10.5. The van der Waals surface area contributed by atoms with Crippen LogP contribution in [0.2, 0.25) is 0 Å². The standard InChI is InChI=1S/C26H23F3N2O/c1-2-17-4-3-5-21-23(15-31-26(17)21)22(20-11-10-19(28)12-24(20)29)13-25(32)30-14-16-6-8-18(27)9-7-16/h3-12,15,22,31H,2,13-14H2,1H3,(H,30,32)/t22-/m0/s1. The molecule has 3 aromatic carbocycles. The molecule has 0 saturated carbocycles. The molecule has 0 bridgehead atoms. The molecule has 0 spiro atoms. The van der Waals surface area contributed by atoms with Crippen molar-refractivity contribution in [2.24, 2.45) is 0 Å². The van der Waals surface area contributed by atoms with Crippen molar-refractivity contribution in [1.29, 1.82) is 0 Å². The lowest BCUT2D eigenvalue weighted by molar-refractivity contribution is -0.121. The number of nitrogens with one attached hydrogen (secondary N) is 2. The van der Waals surface area contributed by atoms with Gasteiger partial charge in [-0.1, -0.05) is 43.3 Å². The van der Waals surface area contributed by atoms with Gasteiger partial charge in [0, 0.05) is 42.0 Å². The summed E-state index contributed by atoms with van der Waals surface area (Å²) in [5.74, 6) is -2.60. The number of aryl methyl sites for hydroxylation is 1. The van der Waals surface area contributed by atoms with E-state index >= 15 is 0 Å². The van der Waals surface area contributed by atoms with Crippen molar-refractivity contribution >= 4 is 16.8 Å². The Labute approximate surface area is 184 Å². The van der Waals surface area contributed by atoms with Crippen molar-refractivity contribution in [3.8, 4) is 0 Å². The summed E-state index contributed by atoms with van der Waals surface area (Å²) >= 11 is 0. The molecule has 0 aliphatic heterocycles. The highest BCUT2D eigenvalue weighted by Gasteiger charge is 2.25. The third kappa shape index (κ3) is 4.54. The highest BCUT2D eigenvalue weighted by Crippen LogP contribution is 2.36. The van der Waals surface area contributed by atoms with Gasteiger partial charge in [0.25, 0.3) is 0 Å². The Hall–Kier alpha value is -3.54. The van der Waals surface area contributed by atoms with Crippen LogP contribution in [0, 0.1) is 17.5 Å². The molecule has 0 saturated heterocycles. The maximum absolute atomic E-state index is 14.8. The molecule has 6 heteroatoms. The minimum atomic E-state index is -0.692. The highest BCUT2D eigenvalue weighted by atomic mass is 19.1. The van der Waals surface area contributed by atoms with Gasteiger partial charge in [-0.05, 0) is 46.9 Å². The minimum absolute atomic E-state index is 0.0208. The summed E-state index contributed by atoms with van der Waals surface area (Å²) < 4.78 is 41.4. The first-order valence-corrected chi connectivity index (χ1v) is 10.5. The fraction of sp³-hybridized carbons (Fsp3) is 0.192. The molecule has 1 aromatic heterocycles. The third-order valence-corrected chi connectivity index (χ3v) is 5.72. The van der Waals surface area contributed by atoms with Crippen molar-refractivity contribution in [1.82, 2.24) is 10.3 Å². The molecule has 4 aromatic rings. The van der Waals surface area contributed by atoms with Crippen molar-refractivity contribution in [3.63, 3.8) is 0 Å². The minimum Gasteiger partial charge on any atom is -0.361 e.